The zero-order valence-electron chi connectivity index (χ0n) is 16.7. The van der Waals surface area contributed by atoms with E-state index in [2.05, 4.69) is 21.2 Å². The van der Waals surface area contributed by atoms with Crippen LogP contribution in [0.2, 0.25) is 0 Å². The molecule has 0 saturated heterocycles. The maximum atomic E-state index is 12.5. The van der Waals surface area contributed by atoms with E-state index in [0.717, 1.165) is 22.3 Å². The highest BCUT2D eigenvalue weighted by Crippen LogP contribution is 2.44. The third-order valence-corrected chi connectivity index (χ3v) is 5.85. The average molecular weight is 482 g/mol. The van der Waals surface area contributed by atoms with Gasteiger partial charge in [0.1, 0.15) is 12.4 Å². The number of carboxylic acids is 1. The number of benzene rings is 3. The third kappa shape index (κ3) is 4.14. The van der Waals surface area contributed by atoms with Crippen molar-refractivity contribution in [2.24, 2.45) is 0 Å². The molecule has 1 unspecified atom stereocenters. The first kappa shape index (κ1) is 20.9. The van der Waals surface area contributed by atoms with Gasteiger partial charge in [0, 0.05) is 16.0 Å². The molecule has 6 nitrogen and oxygen atoms in total. The predicted molar refractivity (Wildman–Crippen MR) is 119 cm³/mol. The molecule has 0 radical (unpaired) electrons. The average Bonchev–Trinajstić information content (AvgIpc) is 3.09. The van der Waals surface area contributed by atoms with Gasteiger partial charge in [-0.3, -0.25) is 0 Å². The molecule has 158 valence electrons. The number of nitrogens with one attached hydrogen (secondary N) is 1. The Morgan fingerprint density at radius 1 is 1.03 bits per heavy atom. The zero-order valence-corrected chi connectivity index (χ0v) is 18.3. The summed E-state index contributed by atoms with van der Waals surface area (Å²) in [6.45, 7) is 0.0990. The Balaban J connectivity index is 1.52. The smallest absolute Gasteiger partial charge is 0.408 e. The second-order valence-corrected chi connectivity index (χ2v) is 8.04. The number of carbonyl (C=O) groups excluding carboxylic acids is 1. The van der Waals surface area contributed by atoms with Crippen molar-refractivity contribution in [1.82, 2.24) is 5.32 Å². The van der Waals surface area contributed by atoms with Crippen LogP contribution >= 0.6 is 15.9 Å². The number of hydrogen-bond donors (Lipinski definition) is 2. The Hall–Kier alpha value is -3.32. The van der Waals surface area contributed by atoms with Crippen LogP contribution in [0, 0.1) is 0 Å². The van der Waals surface area contributed by atoms with E-state index in [1.807, 2.05) is 48.5 Å². The summed E-state index contributed by atoms with van der Waals surface area (Å²) >= 11 is 3.32. The molecule has 3 aromatic carbocycles. The number of rotatable bonds is 6. The summed E-state index contributed by atoms with van der Waals surface area (Å²) in [6.07, 6.45) is -0.809. The van der Waals surface area contributed by atoms with E-state index in [9.17, 15) is 14.7 Å². The lowest BCUT2D eigenvalue weighted by molar-refractivity contribution is -0.139. The minimum Gasteiger partial charge on any atom is -0.496 e. The molecule has 0 bridgehead atoms. The van der Waals surface area contributed by atoms with Crippen LogP contribution in [0.15, 0.2) is 71.2 Å². The minimum atomic E-state index is -1.32. The lowest BCUT2D eigenvalue weighted by atomic mass is 9.98. The largest absolute Gasteiger partial charge is 0.496 e. The molecule has 1 aliphatic carbocycles. The lowest BCUT2D eigenvalue weighted by Crippen LogP contribution is -2.35. The van der Waals surface area contributed by atoms with Crippen LogP contribution in [-0.4, -0.2) is 30.9 Å². The molecular weight excluding hydrogens is 462 g/mol. The van der Waals surface area contributed by atoms with Gasteiger partial charge < -0.3 is 19.9 Å². The number of alkyl carbamates (subject to hydrolysis) is 1. The Bertz CT molecular complexity index is 1100. The number of methoxy groups -OCH3 is 1. The van der Waals surface area contributed by atoms with Gasteiger partial charge in [-0.2, -0.15) is 0 Å². The summed E-state index contributed by atoms with van der Waals surface area (Å²) in [5, 5.41) is 12.1. The first-order valence-corrected chi connectivity index (χ1v) is 10.5. The molecule has 1 aliphatic rings. The molecule has 1 amide bonds. The standard InChI is InChI=1S/C24H20BrNO5/c1-30-21-11-10-14(25)12-19(21)22(23(27)28)26-24(29)31-13-20-17-8-4-2-6-15(17)16-7-3-5-9-18(16)20/h2-12,20,22H,13H2,1H3,(H,26,29)(H,27,28). The van der Waals surface area contributed by atoms with Gasteiger partial charge in [-0.25, -0.2) is 9.59 Å². The van der Waals surface area contributed by atoms with Crippen LogP contribution in [0.25, 0.3) is 11.1 Å². The summed E-state index contributed by atoms with van der Waals surface area (Å²) in [5.74, 6) is -0.971. The van der Waals surface area contributed by atoms with E-state index >= 15 is 0 Å². The van der Waals surface area contributed by atoms with Gasteiger partial charge in [-0.1, -0.05) is 64.5 Å². The summed E-state index contributed by atoms with van der Waals surface area (Å²) in [5.41, 5.74) is 4.72. The van der Waals surface area contributed by atoms with E-state index in [4.69, 9.17) is 9.47 Å². The highest BCUT2D eigenvalue weighted by molar-refractivity contribution is 9.10. The fraction of sp³-hybridized carbons (Fsp3) is 0.167. The monoisotopic (exact) mass is 481 g/mol. The number of fused-ring (bicyclic) bond motifs is 3. The molecule has 1 atom stereocenters. The van der Waals surface area contributed by atoms with E-state index in [-0.39, 0.29) is 12.5 Å². The normalized spacial score (nSPS) is 13.1. The first-order valence-electron chi connectivity index (χ1n) is 9.67. The third-order valence-electron chi connectivity index (χ3n) is 5.36. The van der Waals surface area contributed by atoms with Gasteiger partial charge in [-0.05, 0) is 40.5 Å². The van der Waals surface area contributed by atoms with Gasteiger partial charge in [0.05, 0.1) is 7.11 Å². The fourth-order valence-corrected chi connectivity index (χ4v) is 4.34. The molecule has 0 aromatic heterocycles. The molecule has 0 spiro atoms. The van der Waals surface area contributed by atoms with Crippen molar-refractivity contribution in [3.05, 3.63) is 87.9 Å². The first-order chi connectivity index (χ1) is 15.0. The Morgan fingerprint density at radius 3 is 2.23 bits per heavy atom. The topological polar surface area (TPSA) is 84.9 Å². The summed E-state index contributed by atoms with van der Waals surface area (Å²) in [4.78, 5) is 24.4. The molecule has 2 N–H and O–H groups in total. The number of halogens is 1. The summed E-state index contributed by atoms with van der Waals surface area (Å²) < 4.78 is 11.4. The highest BCUT2D eigenvalue weighted by Gasteiger charge is 2.30. The lowest BCUT2D eigenvalue weighted by Gasteiger charge is -2.19. The Labute approximate surface area is 187 Å². The molecule has 0 fully saturated rings. The van der Waals surface area contributed by atoms with Crippen LogP contribution in [0.3, 0.4) is 0 Å². The number of amides is 1. The van der Waals surface area contributed by atoms with Crippen molar-refractivity contribution in [3.8, 4) is 16.9 Å². The van der Waals surface area contributed by atoms with Crippen LogP contribution in [-0.2, 0) is 9.53 Å². The van der Waals surface area contributed by atoms with Gasteiger partial charge in [0.25, 0.3) is 0 Å². The fourth-order valence-electron chi connectivity index (χ4n) is 3.96. The van der Waals surface area contributed by atoms with E-state index in [0.29, 0.717) is 15.8 Å². The van der Waals surface area contributed by atoms with Gasteiger partial charge >= 0.3 is 12.1 Å². The van der Waals surface area contributed by atoms with Crippen molar-refractivity contribution >= 4 is 28.0 Å². The second kappa shape index (κ2) is 8.81. The van der Waals surface area contributed by atoms with Gasteiger partial charge in [-0.15, -0.1) is 0 Å². The quantitative estimate of drug-likeness (QED) is 0.510. The number of hydrogen-bond acceptors (Lipinski definition) is 4. The Kier molecular flexibility index (Phi) is 5.95. The maximum Gasteiger partial charge on any atom is 0.408 e. The van der Waals surface area contributed by atoms with Crippen LogP contribution < -0.4 is 10.1 Å². The molecule has 0 saturated carbocycles. The number of carbonyl (C=O) groups is 2. The molecule has 3 aromatic rings. The van der Waals surface area contributed by atoms with Gasteiger partial charge in [0.15, 0.2) is 6.04 Å². The van der Waals surface area contributed by atoms with Crippen LogP contribution in [0.5, 0.6) is 5.75 Å². The van der Waals surface area contributed by atoms with Crippen molar-refractivity contribution in [2.75, 3.05) is 13.7 Å². The van der Waals surface area contributed by atoms with Crippen LogP contribution in [0.4, 0.5) is 4.79 Å². The van der Waals surface area contributed by atoms with Gasteiger partial charge in [0.2, 0.25) is 0 Å². The summed E-state index contributed by atoms with van der Waals surface area (Å²) in [7, 11) is 1.44. The highest BCUT2D eigenvalue weighted by atomic mass is 79.9. The van der Waals surface area contributed by atoms with Crippen molar-refractivity contribution < 1.29 is 24.2 Å². The number of ether oxygens (including phenoxy) is 2. The molecule has 7 heteroatoms. The molecule has 0 heterocycles. The number of carboxylic acid groups (broad SMARTS) is 1. The van der Waals surface area contributed by atoms with Crippen molar-refractivity contribution in [3.63, 3.8) is 0 Å². The molecule has 0 aliphatic heterocycles. The maximum absolute atomic E-state index is 12.5. The molecule has 31 heavy (non-hydrogen) atoms. The predicted octanol–water partition coefficient (Wildman–Crippen LogP) is 5.12. The van der Waals surface area contributed by atoms with E-state index in [1.54, 1.807) is 18.2 Å². The minimum absolute atomic E-state index is 0.0990. The van der Waals surface area contributed by atoms with Crippen LogP contribution in [0.1, 0.15) is 28.7 Å². The molecule has 4 rings (SSSR count). The number of aliphatic carboxylic acids is 1. The SMILES string of the molecule is COc1ccc(Br)cc1C(NC(=O)OCC1c2ccccc2-c2ccccc21)C(=O)O. The molecular formula is C24H20BrNO5. The van der Waals surface area contributed by atoms with Crippen molar-refractivity contribution in [1.29, 1.82) is 0 Å². The van der Waals surface area contributed by atoms with Crippen molar-refractivity contribution in [2.45, 2.75) is 12.0 Å². The van der Waals surface area contributed by atoms with E-state index < -0.39 is 18.1 Å². The summed E-state index contributed by atoms with van der Waals surface area (Å²) in [6, 6.07) is 19.7. The van der Waals surface area contributed by atoms with E-state index in [1.165, 1.54) is 7.11 Å². The zero-order chi connectivity index (χ0) is 22.0. The second-order valence-electron chi connectivity index (χ2n) is 7.13. The Morgan fingerprint density at radius 2 is 1.65 bits per heavy atom.